The molecule has 0 aliphatic heterocycles. The zero-order valence-corrected chi connectivity index (χ0v) is 12.4. The summed E-state index contributed by atoms with van der Waals surface area (Å²) in [5.41, 5.74) is 2.89. The molecular weight excluding hydrogens is 299 g/mol. The molecule has 0 saturated carbocycles. The van der Waals surface area contributed by atoms with Crippen LogP contribution >= 0.6 is 34.5 Å². The lowest BCUT2D eigenvalue weighted by Gasteiger charge is -2.06. The highest BCUT2D eigenvalue weighted by Gasteiger charge is 2.09. The number of hydrogen-bond acceptors (Lipinski definition) is 3. The van der Waals surface area contributed by atoms with Crippen LogP contribution < -0.4 is 5.32 Å². The van der Waals surface area contributed by atoms with E-state index in [0.29, 0.717) is 15.7 Å². The summed E-state index contributed by atoms with van der Waals surface area (Å²) in [7, 11) is 0. The van der Waals surface area contributed by atoms with E-state index in [-0.39, 0.29) is 0 Å². The van der Waals surface area contributed by atoms with Gasteiger partial charge in [-0.1, -0.05) is 46.7 Å². The van der Waals surface area contributed by atoms with Crippen molar-refractivity contribution >= 4 is 55.6 Å². The van der Waals surface area contributed by atoms with Crippen molar-refractivity contribution < 1.29 is 0 Å². The van der Waals surface area contributed by atoms with Crippen molar-refractivity contribution in [2.75, 3.05) is 5.32 Å². The monoisotopic (exact) mass is 308 g/mol. The summed E-state index contributed by atoms with van der Waals surface area (Å²) in [6, 6.07) is 11.6. The second-order valence-corrected chi connectivity index (χ2v) is 6.06. The second-order valence-electron chi connectivity index (χ2n) is 4.21. The minimum Gasteiger partial charge on any atom is -0.329 e. The first-order chi connectivity index (χ1) is 9.13. The SMILES string of the molecule is Cc1ccc2nc(Nc3c(Cl)cccc3Cl)sc2c1. The predicted octanol–water partition coefficient (Wildman–Crippen LogP) is 5.66. The fraction of sp³-hybridized carbons (Fsp3) is 0.0714. The number of nitrogens with one attached hydrogen (secondary N) is 1. The minimum atomic E-state index is 0.586. The molecule has 3 rings (SSSR count). The van der Waals surface area contributed by atoms with E-state index in [1.807, 2.05) is 18.2 Å². The molecule has 0 aliphatic carbocycles. The van der Waals surface area contributed by atoms with Crippen LogP contribution in [-0.4, -0.2) is 4.98 Å². The molecular formula is C14H10Cl2N2S. The maximum Gasteiger partial charge on any atom is 0.188 e. The molecule has 0 unspecified atom stereocenters. The van der Waals surface area contributed by atoms with Crippen LogP contribution in [0.4, 0.5) is 10.8 Å². The van der Waals surface area contributed by atoms with E-state index in [9.17, 15) is 0 Å². The molecule has 0 radical (unpaired) electrons. The fourth-order valence-electron chi connectivity index (χ4n) is 1.81. The Kier molecular flexibility index (Phi) is 3.35. The minimum absolute atomic E-state index is 0.586. The highest BCUT2D eigenvalue weighted by atomic mass is 35.5. The number of aryl methyl sites for hydroxylation is 1. The van der Waals surface area contributed by atoms with Gasteiger partial charge in [0.25, 0.3) is 0 Å². The number of nitrogens with zero attached hydrogens (tertiary/aromatic N) is 1. The van der Waals surface area contributed by atoms with Crippen molar-refractivity contribution in [2.45, 2.75) is 6.92 Å². The lowest BCUT2D eigenvalue weighted by Crippen LogP contribution is -1.91. The van der Waals surface area contributed by atoms with Crippen LogP contribution in [0.2, 0.25) is 10.0 Å². The van der Waals surface area contributed by atoms with Crippen LogP contribution in [0.1, 0.15) is 5.56 Å². The first-order valence-electron chi connectivity index (χ1n) is 5.72. The molecule has 3 aromatic rings. The lowest BCUT2D eigenvalue weighted by molar-refractivity contribution is 1.43. The van der Waals surface area contributed by atoms with Gasteiger partial charge in [0.05, 0.1) is 25.9 Å². The zero-order valence-electron chi connectivity index (χ0n) is 10.1. The third-order valence-corrected chi connectivity index (χ3v) is 4.30. The van der Waals surface area contributed by atoms with Gasteiger partial charge in [0.15, 0.2) is 5.13 Å². The Bertz CT molecular complexity index is 732. The maximum absolute atomic E-state index is 6.13. The highest BCUT2D eigenvalue weighted by Crippen LogP contribution is 2.35. The molecule has 1 aromatic heterocycles. The summed E-state index contributed by atoms with van der Waals surface area (Å²) < 4.78 is 1.14. The van der Waals surface area contributed by atoms with Crippen LogP contribution in [0.15, 0.2) is 36.4 Å². The number of para-hydroxylation sites is 1. The molecule has 96 valence electrons. The molecule has 0 bridgehead atoms. The van der Waals surface area contributed by atoms with Crippen molar-refractivity contribution in [3.8, 4) is 0 Å². The van der Waals surface area contributed by atoms with Crippen molar-refractivity contribution in [3.05, 3.63) is 52.0 Å². The number of halogens is 2. The summed E-state index contributed by atoms with van der Waals surface area (Å²) in [5.74, 6) is 0. The van der Waals surface area contributed by atoms with Gasteiger partial charge in [0, 0.05) is 0 Å². The standard InChI is InChI=1S/C14H10Cl2N2S/c1-8-5-6-11-12(7-8)19-14(17-11)18-13-9(15)3-2-4-10(13)16/h2-7H,1H3,(H,17,18). The fourth-order valence-corrected chi connectivity index (χ4v) is 3.27. The lowest BCUT2D eigenvalue weighted by atomic mass is 10.2. The predicted molar refractivity (Wildman–Crippen MR) is 84.1 cm³/mol. The third kappa shape index (κ3) is 2.54. The Labute approximate surface area is 125 Å². The molecule has 0 amide bonds. The molecule has 2 nitrogen and oxygen atoms in total. The summed E-state index contributed by atoms with van der Waals surface area (Å²) in [6.07, 6.45) is 0. The summed E-state index contributed by atoms with van der Waals surface area (Å²) in [6.45, 7) is 2.07. The smallest absolute Gasteiger partial charge is 0.188 e. The number of benzene rings is 2. The summed E-state index contributed by atoms with van der Waals surface area (Å²) in [5, 5.41) is 5.15. The first-order valence-corrected chi connectivity index (χ1v) is 7.29. The van der Waals surface area contributed by atoms with Crippen molar-refractivity contribution in [1.29, 1.82) is 0 Å². The largest absolute Gasteiger partial charge is 0.329 e. The van der Waals surface area contributed by atoms with Crippen molar-refractivity contribution in [3.63, 3.8) is 0 Å². The van der Waals surface area contributed by atoms with Crippen molar-refractivity contribution in [2.24, 2.45) is 0 Å². The Morgan fingerprint density at radius 1 is 1.11 bits per heavy atom. The van der Waals surface area contributed by atoms with Gasteiger partial charge in [-0.25, -0.2) is 4.98 Å². The van der Waals surface area contributed by atoms with Crippen LogP contribution in [0, 0.1) is 6.92 Å². The van der Waals surface area contributed by atoms with Crippen LogP contribution in [0.5, 0.6) is 0 Å². The van der Waals surface area contributed by atoms with Crippen LogP contribution in [0.3, 0.4) is 0 Å². The highest BCUT2D eigenvalue weighted by molar-refractivity contribution is 7.22. The van der Waals surface area contributed by atoms with Gasteiger partial charge in [0.1, 0.15) is 0 Å². The van der Waals surface area contributed by atoms with Crippen LogP contribution in [-0.2, 0) is 0 Å². The van der Waals surface area contributed by atoms with Gasteiger partial charge in [-0.2, -0.15) is 0 Å². The molecule has 5 heteroatoms. The van der Waals surface area contributed by atoms with E-state index < -0.39 is 0 Å². The van der Waals surface area contributed by atoms with Gasteiger partial charge in [-0.05, 0) is 36.8 Å². The Balaban J connectivity index is 2.01. The second kappa shape index (κ2) is 5.00. The van der Waals surface area contributed by atoms with Gasteiger partial charge in [-0.15, -0.1) is 0 Å². The Morgan fingerprint density at radius 2 is 1.84 bits per heavy atom. The molecule has 19 heavy (non-hydrogen) atoms. The number of fused-ring (bicyclic) bond motifs is 1. The number of thiazole rings is 1. The van der Waals surface area contributed by atoms with Crippen LogP contribution in [0.25, 0.3) is 10.2 Å². The van der Waals surface area contributed by atoms with Gasteiger partial charge >= 0.3 is 0 Å². The third-order valence-electron chi connectivity index (χ3n) is 2.74. The number of anilines is 2. The molecule has 0 fully saturated rings. The Morgan fingerprint density at radius 3 is 2.58 bits per heavy atom. The average molecular weight is 309 g/mol. The normalized spacial score (nSPS) is 10.9. The molecule has 1 heterocycles. The van der Waals surface area contributed by atoms with E-state index >= 15 is 0 Å². The molecule has 2 aromatic carbocycles. The van der Waals surface area contributed by atoms with Gasteiger partial charge in [0.2, 0.25) is 0 Å². The maximum atomic E-state index is 6.13. The molecule has 0 spiro atoms. The molecule has 0 atom stereocenters. The number of hydrogen-bond donors (Lipinski definition) is 1. The Hall–Kier alpha value is -1.29. The van der Waals surface area contributed by atoms with Gasteiger partial charge in [-0.3, -0.25) is 0 Å². The van der Waals surface area contributed by atoms with Gasteiger partial charge < -0.3 is 5.32 Å². The topological polar surface area (TPSA) is 24.9 Å². The molecule has 0 saturated heterocycles. The van der Waals surface area contributed by atoms with E-state index in [4.69, 9.17) is 23.2 Å². The van der Waals surface area contributed by atoms with E-state index in [0.717, 1.165) is 15.3 Å². The molecule has 0 aliphatic rings. The molecule has 1 N–H and O–H groups in total. The zero-order chi connectivity index (χ0) is 13.4. The quantitative estimate of drug-likeness (QED) is 0.661. The van der Waals surface area contributed by atoms with E-state index in [1.54, 1.807) is 23.5 Å². The number of aromatic nitrogens is 1. The van der Waals surface area contributed by atoms with E-state index in [2.05, 4.69) is 23.3 Å². The van der Waals surface area contributed by atoms with Crippen molar-refractivity contribution in [1.82, 2.24) is 4.98 Å². The van der Waals surface area contributed by atoms with E-state index in [1.165, 1.54) is 5.56 Å². The first kappa shape index (κ1) is 12.7. The summed E-state index contributed by atoms with van der Waals surface area (Å²) >= 11 is 13.9. The number of rotatable bonds is 2. The summed E-state index contributed by atoms with van der Waals surface area (Å²) in [4.78, 5) is 4.52. The average Bonchev–Trinajstić information content (AvgIpc) is 2.75.